The highest BCUT2D eigenvalue weighted by atomic mass is 16.5. The molecule has 1 heterocycles. The van der Waals surface area contributed by atoms with Crippen molar-refractivity contribution < 1.29 is 19.4 Å². The molecule has 0 spiro atoms. The molecule has 0 aliphatic heterocycles. The summed E-state index contributed by atoms with van der Waals surface area (Å²) < 4.78 is 12.4. The predicted octanol–water partition coefficient (Wildman–Crippen LogP) is 1.58. The van der Waals surface area contributed by atoms with Gasteiger partial charge in [0.25, 0.3) is 0 Å². The van der Waals surface area contributed by atoms with Crippen molar-refractivity contribution in [3.8, 4) is 11.5 Å². The standard InChI is InChI=1S/C13H14N2O4/c1-15-9-10(8-14-15)18-6-7-19-12-5-3-2-4-11(12)13(16)17/h2-5,8-9H,6-7H2,1H3,(H,16,17). The summed E-state index contributed by atoms with van der Waals surface area (Å²) in [6, 6.07) is 6.50. The number of aromatic nitrogens is 2. The number of hydrogen-bond acceptors (Lipinski definition) is 4. The van der Waals surface area contributed by atoms with E-state index in [2.05, 4.69) is 5.10 Å². The van der Waals surface area contributed by atoms with Crippen molar-refractivity contribution in [2.24, 2.45) is 7.05 Å². The maximum atomic E-state index is 11.0. The SMILES string of the molecule is Cn1cc(OCCOc2ccccc2C(=O)O)cn1. The minimum Gasteiger partial charge on any atom is -0.489 e. The molecule has 2 rings (SSSR count). The number of carboxylic acids is 1. The molecule has 6 nitrogen and oxygen atoms in total. The van der Waals surface area contributed by atoms with E-state index in [0.717, 1.165) is 0 Å². The summed E-state index contributed by atoms with van der Waals surface area (Å²) in [6.45, 7) is 0.582. The van der Waals surface area contributed by atoms with Gasteiger partial charge >= 0.3 is 5.97 Å². The Bertz CT molecular complexity index is 565. The summed E-state index contributed by atoms with van der Waals surface area (Å²) in [7, 11) is 1.80. The van der Waals surface area contributed by atoms with E-state index in [1.54, 1.807) is 42.3 Å². The van der Waals surface area contributed by atoms with Crippen molar-refractivity contribution in [3.05, 3.63) is 42.2 Å². The third-order valence-electron chi connectivity index (χ3n) is 2.41. The van der Waals surface area contributed by atoms with Crippen LogP contribution < -0.4 is 9.47 Å². The molecule has 0 bridgehead atoms. The van der Waals surface area contributed by atoms with Crippen molar-refractivity contribution in [2.75, 3.05) is 13.2 Å². The number of carboxylic acid groups (broad SMARTS) is 1. The lowest BCUT2D eigenvalue weighted by Gasteiger charge is -2.09. The highest BCUT2D eigenvalue weighted by Gasteiger charge is 2.09. The molecule has 19 heavy (non-hydrogen) atoms. The fraction of sp³-hybridized carbons (Fsp3) is 0.231. The molecule has 0 fully saturated rings. The van der Waals surface area contributed by atoms with E-state index >= 15 is 0 Å². The van der Waals surface area contributed by atoms with Crippen molar-refractivity contribution in [3.63, 3.8) is 0 Å². The van der Waals surface area contributed by atoms with Crippen LogP contribution in [0.1, 0.15) is 10.4 Å². The second kappa shape index (κ2) is 5.90. The molecule has 0 aliphatic rings. The number of benzene rings is 1. The Hall–Kier alpha value is -2.50. The largest absolute Gasteiger partial charge is 0.489 e. The van der Waals surface area contributed by atoms with Crippen LogP contribution >= 0.6 is 0 Å². The van der Waals surface area contributed by atoms with Crippen molar-refractivity contribution in [1.82, 2.24) is 9.78 Å². The van der Waals surface area contributed by atoms with Crippen LogP contribution in [0.4, 0.5) is 0 Å². The summed E-state index contributed by atoms with van der Waals surface area (Å²) in [5, 5.41) is 12.9. The zero-order valence-electron chi connectivity index (χ0n) is 10.4. The highest BCUT2D eigenvalue weighted by molar-refractivity contribution is 5.90. The van der Waals surface area contributed by atoms with Gasteiger partial charge in [0.05, 0.1) is 12.4 Å². The molecule has 2 aromatic rings. The Kier molecular flexibility index (Phi) is 4.02. The average Bonchev–Trinajstić information content (AvgIpc) is 2.81. The van der Waals surface area contributed by atoms with Crippen LogP contribution in [-0.4, -0.2) is 34.1 Å². The molecular formula is C13H14N2O4. The zero-order valence-corrected chi connectivity index (χ0v) is 10.4. The van der Waals surface area contributed by atoms with Gasteiger partial charge in [-0.3, -0.25) is 4.68 Å². The first-order valence-electron chi connectivity index (χ1n) is 5.73. The summed E-state index contributed by atoms with van der Waals surface area (Å²) in [4.78, 5) is 11.0. The highest BCUT2D eigenvalue weighted by Crippen LogP contribution is 2.17. The lowest BCUT2D eigenvalue weighted by molar-refractivity contribution is 0.0691. The van der Waals surface area contributed by atoms with E-state index in [0.29, 0.717) is 18.1 Å². The molecule has 0 unspecified atom stereocenters. The predicted molar refractivity (Wildman–Crippen MR) is 67.6 cm³/mol. The molecule has 0 saturated heterocycles. The van der Waals surface area contributed by atoms with E-state index in [1.165, 1.54) is 6.07 Å². The quantitative estimate of drug-likeness (QED) is 0.800. The smallest absolute Gasteiger partial charge is 0.339 e. The van der Waals surface area contributed by atoms with Gasteiger partial charge in [0, 0.05) is 7.05 Å². The van der Waals surface area contributed by atoms with Gasteiger partial charge in [-0.2, -0.15) is 5.10 Å². The summed E-state index contributed by atoms with van der Waals surface area (Å²) >= 11 is 0. The van der Waals surface area contributed by atoms with Crippen LogP contribution in [0.3, 0.4) is 0 Å². The maximum Gasteiger partial charge on any atom is 0.339 e. The first kappa shape index (κ1) is 12.9. The normalized spacial score (nSPS) is 10.2. The molecule has 0 atom stereocenters. The fourth-order valence-corrected chi connectivity index (χ4v) is 1.55. The minimum atomic E-state index is -1.01. The Balaban J connectivity index is 1.84. The number of carbonyl (C=O) groups is 1. The minimum absolute atomic E-state index is 0.142. The van der Waals surface area contributed by atoms with Crippen molar-refractivity contribution >= 4 is 5.97 Å². The van der Waals surface area contributed by atoms with Crippen LogP contribution in [0.2, 0.25) is 0 Å². The van der Waals surface area contributed by atoms with Crippen molar-refractivity contribution in [1.29, 1.82) is 0 Å². The van der Waals surface area contributed by atoms with Gasteiger partial charge in [0.1, 0.15) is 24.5 Å². The van der Waals surface area contributed by atoms with E-state index in [4.69, 9.17) is 14.6 Å². The number of hydrogen-bond donors (Lipinski definition) is 1. The maximum absolute atomic E-state index is 11.0. The molecule has 1 aromatic carbocycles. The van der Waals surface area contributed by atoms with E-state index < -0.39 is 5.97 Å². The van der Waals surface area contributed by atoms with Gasteiger partial charge in [-0.1, -0.05) is 12.1 Å². The second-order valence-corrected chi connectivity index (χ2v) is 3.85. The molecular weight excluding hydrogens is 248 g/mol. The van der Waals surface area contributed by atoms with Crippen LogP contribution in [0.15, 0.2) is 36.7 Å². The molecule has 0 aliphatic carbocycles. The molecule has 6 heteroatoms. The number of aryl methyl sites for hydroxylation is 1. The monoisotopic (exact) mass is 262 g/mol. The Morgan fingerprint density at radius 3 is 2.74 bits per heavy atom. The van der Waals surface area contributed by atoms with E-state index in [9.17, 15) is 4.79 Å². The van der Waals surface area contributed by atoms with Gasteiger partial charge in [0.2, 0.25) is 0 Å². The molecule has 1 aromatic heterocycles. The molecule has 1 N–H and O–H groups in total. The van der Waals surface area contributed by atoms with Crippen molar-refractivity contribution in [2.45, 2.75) is 0 Å². The Labute approximate surface area is 110 Å². The Morgan fingerprint density at radius 2 is 2.05 bits per heavy atom. The topological polar surface area (TPSA) is 73.6 Å². The zero-order chi connectivity index (χ0) is 13.7. The second-order valence-electron chi connectivity index (χ2n) is 3.85. The molecule has 100 valence electrons. The Morgan fingerprint density at radius 1 is 1.32 bits per heavy atom. The lowest BCUT2D eigenvalue weighted by Crippen LogP contribution is -2.11. The van der Waals surface area contributed by atoms with Crippen LogP contribution in [-0.2, 0) is 7.05 Å². The number of aromatic carboxylic acids is 1. The van der Waals surface area contributed by atoms with Crippen LogP contribution in [0.5, 0.6) is 11.5 Å². The summed E-state index contributed by atoms with van der Waals surface area (Å²) in [5.41, 5.74) is 0.142. The molecule has 0 saturated carbocycles. The van der Waals surface area contributed by atoms with Gasteiger partial charge in [-0.05, 0) is 12.1 Å². The first-order chi connectivity index (χ1) is 9.16. The molecule has 0 radical (unpaired) electrons. The van der Waals surface area contributed by atoms with Gasteiger partial charge < -0.3 is 14.6 Å². The van der Waals surface area contributed by atoms with E-state index in [1.807, 2.05) is 0 Å². The third-order valence-corrected chi connectivity index (χ3v) is 2.41. The van der Waals surface area contributed by atoms with Gasteiger partial charge in [-0.25, -0.2) is 4.79 Å². The van der Waals surface area contributed by atoms with E-state index in [-0.39, 0.29) is 12.2 Å². The number of nitrogens with zero attached hydrogens (tertiary/aromatic N) is 2. The van der Waals surface area contributed by atoms with Gasteiger partial charge in [-0.15, -0.1) is 0 Å². The number of rotatable bonds is 6. The summed E-state index contributed by atoms with van der Waals surface area (Å²) in [5.74, 6) is -0.0221. The number of ether oxygens (including phenoxy) is 2. The average molecular weight is 262 g/mol. The van der Waals surface area contributed by atoms with Crippen LogP contribution in [0.25, 0.3) is 0 Å². The first-order valence-corrected chi connectivity index (χ1v) is 5.73. The fourth-order valence-electron chi connectivity index (χ4n) is 1.55. The lowest BCUT2D eigenvalue weighted by atomic mass is 10.2. The molecule has 0 amide bonds. The third kappa shape index (κ3) is 3.48. The summed E-state index contributed by atoms with van der Waals surface area (Å²) in [6.07, 6.45) is 3.34. The number of para-hydroxylation sites is 1. The van der Waals surface area contributed by atoms with Gasteiger partial charge in [0.15, 0.2) is 5.75 Å². The van der Waals surface area contributed by atoms with Crippen LogP contribution in [0, 0.1) is 0 Å².